The molecule has 2 nitrogen and oxygen atoms in total. The first-order valence-corrected chi connectivity index (χ1v) is 9.09. The normalized spacial score (nSPS) is 10.7. The highest BCUT2D eigenvalue weighted by Crippen LogP contribution is 2.23. The Hall–Kier alpha value is -2.78. The lowest BCUT2D eigenvalue weighted by Gasteiger charge is -2.05. The molecule has 3 aromatic carbocycles. The first kappa shape index (κ1) is 17.1. The van der Waals surface area contributed by atoms with Crippen LogP contribution in [0, 0.1) is 0 Å². The largest absolute Gasteiger partial charge is 0.323 e. The van der Waals surface area contributed by atoms with E-state index in [0.29, 0.717) is 0 Å². The number of thioether (sulfide) groups is 1. The minimum Gasteiger partial charge on any atom is -0.323 e. The predicted molar refractivity (Wildman–Crippen MR) is 107 cm³/mol. The van der Waals surface area contributed by atoms with Crippen LogP contribution in [-0.4, -0.2) is 5.91 Å². The Kier molecular flexibility index (Phi) is 6.07. The van der Waals surface area contributed by atoms with E-state index in [1.165, 1.54) is 10.5 Å². The van der Waals surface area contributed by atoms with Gasteiger partial charge in [0.2, 0.25) is 5.91 Å². The van der Waals surface area contributed by atoms with Crippen LogP contribution in [0.15, 0.2) is 95.9 Å². The first-order chi connectivity index (χ1) is 12.3. The molecule has 0 unspecified atom stereocenters. The highest BCUT2D eigenvalue weighted by molar-refractivity contribution is 7.98. The van der Waals surface area contributed by atoms with Crippen LogP contribution in [0.1, 0.15) is 11.1 Å². The molecule has 25 heavy (non-hydrogen) atoms. The van der Waals surface area contributed by atoms with Gasteiger partial charge in [0.25, 0.3) is 0 Å². The third kappa shape index (κ3) is 5.66. The van der Waals surface area contributed by atoms with Crippen molar-refractivity contribution in [2.75, 3.05) is 5.32 Å². The van der Waals surface area contributed by atoms with Gasteiger partial charge in [-0.05, 0) is 41.5 Å². The molecule has 0 aliphatic carbocycles. The molecule has 3 aromatic rings. The highest BCUT2D eigenvalue weighted by Gasteiger charge is 2.00. The number of hydrogen-bond acceptors (Lipinski definition) is 2. The summed E-state index contributed by atoms with van der Waals surface area (Å²) < 4.78 is 0. The summed E-state index contributed by atoms with van der Waals surface area (Å²) in [4.78, 5) is 13.2. The number of anilines is 1. The van der Waals surface area contributed by atoms with Gasteiger partial charge >= 0.3 is 0 Å². The van der Waals surface area contributed by atoms with Crippen LogP contribution >= 0.6 is 11.8 Å². The van der Waals surface area contributed by atoms with Crippen LogP contribution in [0.2, 0.25) is 0 Å². The maximum atomic E-state index is 12.0. The number of benzene rings is 3. The van der Waals surface area contributed by atoms with Crippen molar-refractivity contribution in [2.45, 2.75) is 10.6 Å². The smallest absolute Gasteiger partial charge is 0.248 e. The Balaban J connectivity index is 1.52. The zero-order valence-electron chi connectivity index (χ0n) is 13.8. The Labute approximate surface area is 152 Å². The van der Waals surface area contributed by atoms with Gasteiger partial charge in [0.15, 0.2) is 0 Å². The lowest BCUT2D eigenvalue weighted by atomic mass is 10.2. The average Bonchev–Trinajstić information content (AvgIpc) is 2.67. The molecule has 0 radical (unpaired) electrons. The van der Waals surface area contributed by atoms with Gasteiger partial charge in [-0.3, -0.25) is 4.79 Å². The van der Waals surface area contributed by atoms with E-state index in [1.807, 2.05) is 72.8 Å². The van der Waals surface area contributed by atoms with E-state index in [2.05, 4.69) is 17.4 Å². The molecule has 0 aliphatic rings. The molecule has 0 saturated carbocycles. The number of carbonyl (C=O) groups is 1. The Morgan fingerprint density at radius 2 is 1.48 bits per heavy atom. The molecular weight excluding hydrogens is 326 g/mol. The number of amides is 1. The summed E-state index contributed by atoms with van der Waals surface area (Å²) in [5.74, 6) is 0.779. The Bertz CT molecular complexity index is 827. The summed E-state index contributed by atoms with van der Waals surface area (Å²) in [6.07, 6.45) is 3.36. The molecule has 1 amide bonds. The minimum absolute atomic E-state index is 0.129. The summed E-state index contributed by atoms with van der Waals surface area (Å²) in [7, 11) is 0. The van der Waals surface area contributed by atoms with Gasteiger partial charge in [-0.2, -0.15) is 0 Å². The molecule has 1 N–H and O–H groups in total. The topological polar surface area (TPSA) is 29.1 Å². The van der Waals surface area contributed by atoms with Gasteiger partial charge in [0.05, 0.1) is 0 Å². The van der Waals surface area contributed by atoms with Crippen molar-refractivity contribution in [3.63, 3.8) is 0 Å². The van der Waals surface area contributed by atoms with E-state index in [9.17, 15) is 4.79 Å². The zero-order chi connectivity index (χ0) is 17.3. The molecule has 124 valence electrons. The van der Waals surface area contributed by atoms with E-state index in [-0.39, 0.29) is 5.91 Å². The third-order valence-electron chi connectivity index (χ3n) is 3.60. The van der Waals surface area contributed by atoms with E-state index < -0.39 is 0 Å². The van der Waals surface area contributed by atoms with Crippen molar-refractivity contribution < 1.29 is 4.79 Å². The lowest BCUT2D eigenvalue weighted by molar-refractivity contribution is -0.111. The Morgan fingerprint density at radius 3 is 2.16 bits per heavy atom. The monoisotopic (exact) mass is 345 g/mol. The number of nitrogens with one attached hydrogen (secondary N) is 1. The fraction of sp³-hybridized carbons (Fsp3) is 0.0455. The van der Waals surface area contributed by atoms with Crippen LogP contribution < -0.4 is 5.32 Å². The molecular formula is C22H19NOS. The lowest BCUT2D eigenvalue weighted by Crippen LogP contribution is -2.07. The second kappa shape index (κ2) is 8.90. The standard InChI is InChI=1S/C22H19NOS/c24-22(16-13-18-7-3-1-4-8-18)23-20-14-11-19(12-15-20)17-25-21-9-5-2-6-10-21/h1-16H,17H2,(H,23,24)/b16-13+. The van der Waals surface area contributed by atoms with Gasteiger partial charge < -0.3 is 5.32 Å². The summed E-state index contributed by atoms with van der Waals surface area (Å²) >= 11 is 1.80. The van der Waals surface area contributed by atoms with Crippen molar-refractivity contribution in [2.24, 2.45) is 0 Å². The summed E-state index contributed by atoms with van der Waals surface area (Å²) in [6.45, 7) is 0. The molecule has 0 fully saturated rings. The van der Waals surface area contributed by atoms with Crippen LogP contribution in [0.25, 0.3) is 6.08 Å². The fourth-order valence-corrected chi connectivity index (χ4v) is 3.16. The van der Waals surface area contributed by atoms with Crippen molar-refractivity contribution in [3.8, 4) is 0 Å². The zero-order valence-corrected chi connectivity index (χ0v) is 14.6. The minimum atomic E-state index is -0.129. The van der Waals surface area contributed by atoms with Crippen molar-refractivity contribution in [3.05, 3.63) is 102 Å². The van der Waals surface area contributed by atoms with E-state index in [4.69, 9.17) is 0 Å². The van der Waals surface area contributed by atoms with Gasteiger partial charge in [-0.15, -0.1) is 11.8 Å². The van der Waals surface area contributed by atoms with Gasteiger partial charge in [0, 0.05) is 22.4 Å². The molecule has 0 heterocycles. The van der Waals surface area contributed by atoms with Crippen LogP contribution in [0.3, 0.4) is 0 Å². The number of rotatable bonds is 6. The van der Waals surface area contributed by atoms with Crippen LogP contribution in [0.5, 0.6) is 0 Å². The summed E-state index contributed by atoms with van der Waals surface area (Å²) in [6, 6.07) is 28.1. The second-order valence-corrected chi connectivity index (χ2v) is 6.58. The molecule has 0 saturated heterocycles. The van der Waals surface area contributed by atoms with Crippen molar-refractivity contribution >= 4 is 29.4 Å². The maximum absolute atomic E-state index is 12.0. The van der Waals surface area contributed by atoms with Crippen molar-refractivity contribution in [1.29, 1.82) is 0 Å². The summed E-state index contributed by atoms with van der Waals surface area (Å²) in [5, 5.41) is 2.88. The van der Waals surface area contributed by atoms with Gasteiger partial charge in [-0.1, -0.05) is 60.7 Å². The second-order valence-electron chi connectivity index (χ2n) is 5.53. The van der Waals surface area contributed by atoms with E-state index in [1.54, 1.807) is 23.9 Å². The molecule has 3 rings (SSSR count). The van der Waals surface area contributed by atoms with Gasteiger partial charge in [-0.25, -0.2) is 0 Å². The molecule has 0 aromatic heterocycles. The van der Waals surface area contributed by atoms with Gasteiger partial charge in [0.1, 0.15) is 0 Å². The molecule has 0 aliphatic heterocycles. The predicted octanol–water partition coefficient (Wildman–Crippen LogP) is 5.63. The molecule has 3 heteroatoms. The SMILES string of the molecule is O=C(/C=C/c1ccccc1)Nc1ccc(CSc2ccccc2)cc1. The Morgan fingerprint density at radius 1 is 0.840 bits per heavy atom. The quantitative estimate of drug-likeness (QED) is 0.463. The van der Waals surface area contributed by atoms with E-state index >= 15 is 0 Å². The van der Waals surface area contributed by atoms with Crippen molar-refractivity contribution in [1.82, 2.24) is 0 Å². The molecule has 0 spiro atoms. The average molecular weight is 345 g/mol. The highest BCUT2D eigenvalue weighted by atomic mass is 32.2. The molecule has 0 atom stereocenters. The van der Waals surface area contributed by atoms with Crippen LogP contribution in [-0.2, 0) is 10.5 Å². The molecule has 0 bridgehead atoms. The van der Waals surface area contributed by atoms with E-state index in [0.717, 1.165) is 17.0 Å². The van der Waals surface area contributed by atoms with Crippen LogP contribution in [0.4, 0.5) is 5.69 Å². The maximum Gasteiger partial charge on any atom is 0.248 e. The number of hydrogen-bond donors (Lipinski definition) is 1. The first-order valence-electron chi connectivity index (χ1n) is 8.10. The third-order valence-corrected chi connectivity index (χ3v) is 4.68. The number of carbonyl (C=O) groups excluding carboxylic acids is 1. The summed E-state index contributed by atoms with van der Waals surface area (Å²) in [5.41, 5.74) is 3.04. The fourth-order valence-electron chi connectivity index (χ4n) is 2.29.